The molecule has 1 aromatic heterocycles. The largest absolute Gasteiger partial charge is 0.454 e. The summed E-state index contributed by atoms with van der Waals surface area (Å²) >= 11 is 0. The van der Waals surface area contributed by atoms with Crippen molar-refractivity contribution in [2.24, 2.45) is 0 Å². The van der Waals surface area contributed by atoms with Crippen LogP contribution in [0.1, 0.15) is 18.4 Å². The van der Waals surface area contributed by atoms with E-state index in [0.717, 1.165) is 42.5 Å². The van der Waals surface area contributed by atoms with Gasteiger partial charge in [-0.1, -0.05) is 12.1 Å². The van der Waals surface area contributed by atoms with E-state index in [-0.39, 0.29) is 0 Å². The molecule has 1 atom stereocenters. The Labute approximate surface area is 164 Å². The number of aromatic nitrogens is 2. The molecule has 2 aliphatic rings. The minimum absolute atomic E-state index is 0.315. The molecule has 0 saturated carbocycles. The molecule has 0 spiro atoms. The van der Waals surface area contributed by atoms with Gasteiger partial charge in [0.2, 0.25) is 6.79 Å². The van der Waals surface area contributed by atoms with Crippen LogP contribution in [0.2, 0.25) is 0 Å². The van der Waals surface area contributed by atoms with E-state index in [9.17, 15) is 0 Å². The lowest BCUT2D eigenvalue weighted by atomic mass is 10.0. The van der Waals surface area contributed by atoms with Crippen molar-refractivity contribution in [2.45, 2.75) is 25.4 Å². The predicted octanol–water partition coefficient (Wildman–Crippen LogP) is 3.68. The fourth-order valence-electron chi connectivity index (χ4n) is 3.97. The van der Waals surface area contributed by atoms with Crippen LogP contribution in [0.3, 0.4) is 0 Å². The van der Waals surface area contributed by atoms with E-state index in [1.54, 1.807) is 6.20 Å². The Morgan fingerprint density at radius 2 is 1.96 bits per heavy atom. The number of benzene rings is 2. The molecule has 1 fully saturated rings. The summed E-state index contributed by atoms with van der Waals surface area (Å²) < 4.78 is 12.8. The maximum absolute atomic E-state index is 5.49. The van der Waals surface area contributed by atoms with Crippen LogP contribution in [-0.4, -0.2) is 40.6 Å². The van der Waals surface area contributed by atoms with Crippen molar-refractivity contribution in [1.29, 1.82) is 0 Å². The van der Waals surface area contributed by atoms with Crippen LogP contribution in [0.5, 0.6) is 11.5 Å². The van der Waals surface area contributed by atoms with Crippen LogP contribution in [0.4, 0.5) is 5.69 Å². The number of fused-ring (bicyclic) bond motifs is 1. The zero-order valence-corrected chi connectivity index (χ0v) is 15.8. The molecule has 2 aliphatic heterocycles. The number of nitrogens with zero attached hydrogens (tertiary/aromatic N) is 3. The molecule has 1 N–H and O–H groups in total. The highest BCUT2D eigenvalue weighted by Crippen LogP contribution is 2.34. The molecule has 144 valence electrons. The van der Waals surface area contributed by atoms with Crippen LogP contribution >= 0.6 is 0 Å². The van der Waals surface area contributed by atoms with Crippen molar-refractivity contribution in [1.82, 2.24) is 14.7 Å². The smallest absolute Gasteiger partial charge is 0.231 e. The molecule has 0 amide bonds. The number of hydrogen-bond donors (Lipinski definition) is 1. The number of hydrogen-bond acceptors (Lipinski definition) is 5. The summed E-state index contributed by atoms with van der Waals surface area (Å²) in [7, 11) is 0. The summed E-state index contributed by atoms with van der Waals surface area (Å²) in [6, 6.07) is 17.1. The average Bonchev–Trinajstić information content (AvgIpc) is 3.41. The van der Waals surface area contributed by atoms with Gasteiger partial charge in [0.15, 0.2) is 11.5 Å². The maximum Gasteiger partial charge on any atom is 0.231 e. The zero-order chi connectivity index (χ0) is 18.8. The number of nitrogens with one attached hydrogen (secondary N) is 1. The van der Waals surface area contributed by atoms with Crippen molar-refractivity contribution in [2.75, 3.05) is 25.2 Å². The molecule has 0 aliphatic carbocycles. The third kappa shape index (κ3) is 3.68. The lowest BCUT2D eigenvalue weighted by Gasteiger charge is -2.33. The van der Waals surface area contributed by atoms with Gasteiger partial charge in [-0.2, -0.15) is 5.10 Å². The molecule has 6 nitrogen and oxygen atoms in total. The monoisotopic (exact) mass is 376 g/mol. The zero-order valence-electron chi connectivity index (χ0n) is 15.8. The van der Waals surface area contributed by atoms with Crippen molar-refractivity contribution in [3.05, 3.63) is 66.5 Å². The molecular formula is C22H24N4O2. The normalized spacial score (nSPS) is 18.9. The Bertz CT molecular complexity index is 924. The number of anilines is 1. The Morgan fingerprint density at radius 1 is 1.07 bits per heavy atom. The number of ether oxygens (including phenoxy) is 2. The fourth-order valence-corrected chi connectivity index (χ4v) is 3.97. The van der Waals surface area contributed by atoms with Gasteiger partial charge in [-0.3, -0.25) is 4.90 Å². The van der Waals surface area contributed by atoms with Crippen LogP contribution in [0.25, 0.3) is 5.69 Å². The molecule has 6 heteroatoms. The summed E-state index contributed by atoms with van der Waals surface area (Å²) in [6.45, 7) is 3.46. The number of piperidine rings is 1. The van der Waals surface area contributed by atoms with Crippen molar-refractivity contribution >= 4 is 5.69 Å². The third-order valence-corrected chi connectivity index (χ3v) is 5.36. The lowest BCUT2D eigenvalue weighted by Crippen LogP contribution is -2.41. The topological polar surface area (TPSA) is 51.6 Å². The first-order valence-electron chi connectivity index (χ1n) is 9.81. The fraction of sp³-hybridized carbons (Fsp3) is 0.318. The molecule has 28 heavy (non-hydrogen) atoms. The second-order valence-corrected chi connectivity index (χ2v) is 7.40. The van der Waals surface area contributed by atoms with Crippen LogP contribution in [-0.2, 0) is 6.54 Å². The second-order valence-electron chi connectivity index (χ2n) is 7.40. The molecule has 5 rings (SSSR count). The maximum atomic E-state index is 5.49. The first kappa shape index (κ1) is 17.1. The first-order chi connectivity index (χ1) is 13.8. The Morgan fingerprint density at radius 3 is 2.82 bits per heavy atom. The minimum Gasteiger partial charge on any atom is -0.454 e. The Balaban J connectivity index is 1.20. The van der Waals surface area contributed by atoms with Gasteiger partial charge in [0.1, 0.15) is 0 Å². The van der Waals surface area contributed by atoms with Crippen LogP contribution in [0.15, 0.2) is 60.9 Å². The summed E-state index contributed by atoms with van der Waals surface area (Å²) in [6.07, 6.45) is 6.15. The van der Waals surface area contributed by atoms with Crippen LogP contribution < -0.4 is 14.8 Å². The third-order valence-electron chi connectivity index (χ3n) is 5.36. The summed E-state index contributed by atoms with van der Waals surface area (Å²) in [5.41, 5.74) is 3.52. The highest BCUT2D eigenvalue weighted by Gasteiger charge is 2.21. The van der Waals surface area contributed by atoms with Gasteiger partial charge in [0.05, 0.1) is 5.69 Å². The molecule has 0 bridgehead atoms. The summed E-state index contributed by atoms with van der Waals surface area (Å²) in [5, 5.41) is 7.95. The molecular weight excluding hydrogens is 352 g/mol. The standard InChI is InChI=1S/C22H24N4O2/c1-3-19(24-18-6-9-21-22(13-18)28-16-27-21)15-25(11-1)14-17-4-7-20(8-5-17)26-12-2-10-23-26/h2,4-10,12-13,19,24H,1,3,11,14-16H2. The highest BCUT2D eigenvalue weighted by molar-refractivity contribution is 5.56. The van der Waals surface area contributed by atoms with Crippen molar-refractivity contribution in [3.8, 4) is 17.2 Å². The Hall–Kier alpha value is -2.99. The van der Waals surface area contributed by atoms with Gasteiger partial charge in [-0.15, -0.1) is 0 Å². The van der Waals surface area contributed by atoms with Crippen molar-refractivity contribution in [3.63, 3.8) is 0 Å². The van der Waals surface area contributed by atoms with Gasteiger partial charge in [-0.05, 0) is 55.3 Å². The number of rotatable bonds is 5. The van der Waals surface area contributed by atoms with Crippen LogP contribution in [0, 0.1) is 0 Å². The van der Waals surface area contributed by atoms with E-state index in [2.05, 4.69) is 45.6 Å². The minimum atomic E-state index is 0.315. The summed E-state index contributed by atoms with van der Waals surface area (Å²) in [5.74, 6) is 1.66. The highest BCUT2D eigenvalue weighted by atomic mass is 16.7. The lowest BCUT2D eigenvalue weighted by molar-refractivity contribution is 0.174. The molecule has 3 aromatic rings. The van der Waals surface area contributed by atoms with Crippen molar-refractivity contribution < 1.29 is 9.47 Å². The second kappa shape index (κ2) is 7.56. The van der Waals surface area contributed by atoms with Gasteiger partial charge in [0.25, 0.3) is 0 Å². The van der Waals surface area contributed by atoms with Gasteiger partial charge in [-0.25, -0.2) is 4.68 Å². The van der Waals surface area contributed by atoms with Gasteiger partial charge in [0, 0.05) is 43.3 Å². The van der Waals surface area contributed by atoms with E-state index in [1.807, 2.05) is 29.1 Å². The number of likely N-dealkylation sites (tertiary alicyclic amines) is 1. The molecule has 1 unspecified atom stereocenters. The van der Waals surface area contributed by atoms with E-state index in [1.165, 1.54) is 18.4 Å². The van der Waals surface area contributed by atoms with E-state index in [0.29, 0.717) is 12.8 Å². The van der Waals surface area contributed by atoms with Gasteiger partial charge < -0.3 is 14.8 Å². The molecule has 2 aromatic carbocycles. The average molecular weight is 376 g/mol. The molecule has 1 saturated heterocycles. The molecule has 3 heterocycles. The predicted molar refractivity (Wildman–Crippen MR) is 108 cm³/mol. The quantitative estimate of drug-likeness (QED) is 0.736. The Kier molecular flexibility index (Phi) is 4.62. The summed E-state index contributed by atoms with van der Waals surface area (Å²) in [4.78, 5) is 2.52. The van der Waals surface area contributed by atoms with E-state index in [4.69, 9.17) is 9.47 Å². The SMILES string of the molecule is c1cnn(-c2ccc(CN3CCCC(Nc4ccc5c(c4)OCO5)C3)cc2)c1. The van der Waals surface area contributed by atoms with E-state index >= 15 is 0 Å². The van der Waals surface area contributed by atoms with E-state index < -0.39 is 0 Å². The molecule has 0 radical (unpaired) electrons. The first-order valence-corrected chi connectivity index (χ1v) is 9.81. The van der Waals surface area contributed by atoms with Gasteiger partial charge >= 0.3 is 0 Å².